The van der Waals surface area contributed by atoms with E-state index in [4.69, 9.17) is 0 Å². The molecular formula is C29H19F6N. The van der Waals surface area contributed by atoms with Gasteiger partial charge in [-0.15, -0.1) is 0 Å². The first-order valence-electron chi connectivity index (χ1n) is 10.9. The minimum absolute atomic E-state index is 0.0155. The summed E-state index contributed by atoms with van der Waals surface area (Å²) in [5.41, 5.74) is 0.0224. The van der Waals surface area contributed by atoms with Gasteiger partial charge in [0.15, 0.2) is 0 Å². The minimum Gasteiger partial charge on any atom is -0.247 e. The Balaban J connectivity index is 1.98. The summed E-state index contributed by atoms with van der Waals surface area (Å²) in [7, 11) is 0. The van der Waals surface area contributed by atoms with E-state index in [1.54, 1.807) is 36.4 Å². The predicted octanol–water partition coefficient (Wildman–Crippen LogP) is 8.76. The third kappa shape index (κ3) is 6.10. The Hall–Kier alpha value is -4.13. The van der Waals surface area contributed by atoms with E-state index >= 15 is 0 Å². The fraction of sp³-hybridized carbons (Fsp3) is 0.0690. The van der Waals surface area contributed by atoms with Crippen LogP contribution in [0.3, 0.4) is 0 Å². The van der Waals surface area contributed by atoms with Crippen LogP contribution in [0.25, 0.3) is 11.8 Å². The quantitative estimate of drug-likeness (QED) is 0.149. The largest absolute Gasteiger partial charge is 0.416 e. The number of alkyl halides is 6. The van der Waals surface area contributed by atoms with Gasteiger partial charge in [0.05, 0.1) is 22.5 Å². The van der Waals surface area contributed by atoms with Crippen molar-refractivity contribution in [3.63, 3.8) is 0 Å². The molecule has 0 spiro atoms. The van der Waals surface area contributed by atoms with Gasteiger partial charge in [-0.25, -0.2) is 4.99 Å². The third-order valence-electron chi connectivity index (χ3n) is 5.33. The Morgan fingerprint density at radius 2 is 0.972 bits per heavy atom. The lowest BCUT2D eigenvalue weighted by Crippen LogP contribution is -2.11. The first-order chi connectivity index (χ1) is 17.1. The van der Waals surface area contributed by atoms with E-state index in [2.05, 4.69) is 4.99 Å². The highest BCUT2D eigenvalue weighted by Gasteiger charge is 2.32. The van der Waals surface area contributed by atoms with E-state index < -0.39 is 23.5 Å². The van der Waals surface area contributed by atoms with Crippen LogP contribution in [-0.4, -0.2) is 5.71 Å². The van der Waals surface area contributed by atoms with Crippen LogP contribution in [0.2, 0.25) is 0 Å². The molecule has 0 aliphatic carbocycles. The first-order valence-corrected chi connectivity index (χ1v) is 10.9. The lowest BCUT2D eigenvalue weighted by molar-refractivity contribution is -0.138. The molecule has 4 rings (SSSR count). The maximum atomic E-state index is 13.5. The van der Waals surface area contributed by atoms with E-state index in [0.29, 0.717) is 11.3 Å². The summed E-state index contributed by atoms with van der Waals surface area (Å²) in [5, 5.41) is 0. The van der Waals surface area contributed by atoms with Gasteiger partial charge in [-0.05, 0) is 35.9 Å². The average Bonchev–Trinajstić information content (AvgIpc) is 2.87. The molecule has 0 aromatic heterocycles. The van der Waals surface area contributed by atoms with E-state index in [-0.39, 0.29) is 16.8 Å². The summed E-state index contributed by atoms with van der Waals surface area (Å²) < 4.78 is 80.8. The monoisotopic (exact) mass is 495 g/mol. The molecule has 0 radical (unpaired) electrons. The highest BCUT2D eigenvalue weighted by atomic mass is 19.4. The molecule has 182 valence electrons. The van der Waals surface area contributed by atoms with Crippen molar-refractivity contribution < 1.29 is 26.3 Å². The van der Waals surface area contributed by atoms with Gasteiger partial charge in [0.25, 0.3) is 0 Å². The Morgan fingerprint density at radius 3 is 1.44 bits per heavy atom. The molecule has 4 aromatic rings. The van der Waals surface area contributed by atoms with Crippen LogP contribution in [0, 0.1) is 0 Å². The minimum atomic E-state index is -4.63. The van der Waals surface area contributed by atoms with E-state index in [1.807, 2.05) is 30.3 Å². The topological polar surface area (TPSA) is 12.4 Å². The van der Waals surface area contributed by atoms with Crippen LogP contribution in [0.1, 0.15) is 33.4 Å². The average molecular weight is 495 g/mol. The van der Waals surface area contributed by atoms with Crippen LogP contribution in [0.15, 0.2) is 114 Å². The maximum Gasteiger partial charge on any atom is 0.416 e. The molecule has 0 N–H and O–H groups in total. The summed E-state index contributed by atoms with van der Waals surface area (Å²) in [5.74, 6) is 0. The van der Waals surface area contributed by atoms with Crippen LogP contribution >= 0.6 is 0 Å². The second-order valence-electron chi connectivity index (χ2n) is 7.92. The van der Waals surface area contributed by atoms with Crippen molar-refractivity contribution in [2.24, 2.45) is 4.99 Å². The van der Waals surface area contributed by atoms with Crippen LogP contribution in [-0.2, 0) is 12.4 Å². The van der Waals surface area contributed by atoms with Crippen molar-refractivity contribution >= 4 is 17.5 Å². The number of rotatable bonds is 5. The van der Waals surface area contributed by atoms with Gasteiger partial charge in [0.2, 0.25) is 0 Å². The van der Waals surface area contributed by atoms with Gasteiger partial charge in [0, 0.05) is 16.7 Å². The normalized spacial score (nSPS) is 12.3. The molecule has 0 aliphatic heterocycles. The summed E-state index contributed by atoms with van der Waals surface area (Å²) >= 11 is 0. The summed E-state index contributed by atoms with van der Waals surface area (Å²) in [6, 6.07) is 26.8. The Labute approximate surface area is 204 Å². The van der Waals surface area contributed by atoms with Crippen molar-refractivity contribution in [1.82, 2.24) is 0 Å². The molecule has 0 unspecified atom stereocenters. The molecular weight excluding hydrogens is 476 g/mol. The molecule has 4 aromatic carbocycles. The van der Waals surface area contributed by atoms with Gasteiger partial charge >= 0.3 is 12.4 Å². The molecule has 1 nitrogen and oxygen atoms in total. The molecule has 0 fully saturated rings. The molecule has 0 saturated carbocycles. The van der Waals surface area contributed by atoms with E-state index in [9.17, 15) is 26.3 Å². The van der Waals surface area contributed by atoms with Crippen molar-refractivity contribution in [3.8, 4) is 0 Å². The van der Waals surface area contributed by atoms with Crippen molar-refractivity contribution in [2.45, 2.75) is 12.4 Å². The zero-order chi connectivity index (χ0) is 25.8. The Kier molecular flexibility index (Phi) is 7.10. The molecule has 0 saturated heterocycles. The summed E-state index contributed by atoms with van der Waals surface area (Å²) in [6.07, 6.45) is -7.52. The van der Waals surface area contributed by atoms with Gasteiger partial charge in [-0.3, -0.25) is 0 Å². The zero-order valence-electron chi connectivity index (χ0n) is 18.7. The number of aliphatic imine (C=N–C) groups is 1. The number of halogens is 6. The standard InChI is InChI=1S/C29H19F6N/c30-28(31,32)24-15-7-13-22(18-24)27(23-14-8-16-25(19-23)29(33,34)35)36-26(21-11-5-2-6-12-21)17-20-9-3-1-4-10-20/h1-19H/b26-17+. The second-order valence-corrected chi connectivity index (χ2v) is 7.92. The van der Waals surface area contributed by atoms with Crippen LogP contribution in [0.5, 0.6) is 0 Å². The summed E-state index contributed by atoms with van der Waals surface area (Å²) in [4.78, 5) is 4.67. The van der Waals surface area contributed by atoms with Crippen LogP contribution < -0.4 is 0 Å². The number of hydrogen-bond donors (Lipinski definition) is 0. The van der Waals surface area contributed by atoms with Crippen molar-refractivity contribution in [3.05, 3.63) is 143 Å². The summed E-state index contributed by atoms with van der Waals surface area (Å²) in [6.45, 7) is 0. The SMILES string of the molecule is FC(F)(F)c1cccc(C(=N/C(=C/c2ccccc2)c2ccccc2)c2cccc(C(F)(F)F)c2)c1. The smallest absolute Gasteiger partial charge is 0.247 e. The highest BCUT2D eigenvalue weighted by molar-refractivity contribution is 6.15. The third-order valence-corrected chi connectivity index (χ3v) is 5.33. The molecule has 0 aliphatic rings. The molecule has 7 heteroatoms. The molecule has 0 amide bonds. The zero-order valence-corrected chi connectivity index (χ0v) is 18.7. The second kappa shape index (κ2) is 10.2. The van der Waals surface area contributed by atoms with Crippen LogP contribution in [0.4, 0.5) is 26.3 Å². The molecule has 0 heterocycles. The van der Waals surface area contributed by atoms with Gasteiger partial charge in [-0.1, -0.05) is 84.9 Å². The van der Waals surface area contributed by atoms with Gasteiger partial charge in [0.1, 0.15) is 0 Å². The van der Waals surface area contributed by atoms with Crippen molar-refractivity contribution in [2.75, 3.05) is 0 Å². The number of benzene rings is 4. The van der Waals surface area contributed by atoms with E-state index in [0.717, 1.165) is 29.8 Å². The van der Waals surface area contributed by atoms with Crippen molar-refractivity contribution in [1.29, 1.82) is 0 Å². The lowest BCUT2D eigenvalue weighted by Gasteiger charge is -2.14. The molecule has 0 atom stereocenters. The Morgan fingerprint density at radius 1 is 0.528 bits per heavy atom. The van der Waals surface area contributed by atoms with E-state index in [1.165, 1.54) is 24.3 Å². The fourth-order valence-electron chi connectivity index (χ4n) is 3.60. The highest BCUT2D eigenvalue weighted by Crippen LogP contribution is 2.33. The predicted molar refractivity (Wildman–Crippen MR) is 129 cm³/mol. The first kappa shape index (κ1) is 25.0. The molecule has 0 bridgehead atoms. The molecule has 36 heavy (non-hydrogen) atoms. The number of nitrogens with zero attached hydrogens (tertiary/aromatic N) is 1. The fourth-order valence-corrected chi connectivity index (χ4v) is 3.60. The van der Waals surface area contributed by atoms with Gasteiger partial charge in [-0.2, -0.15) is 26.3 Å². The maximum absolute atomic E-state index is 13.5. The number of hydrogen-bond acceptors (Lipinski definition) is 1. The lowest BCUT2D eigenvalue weighted by atomic mass is 9.97. The Bertz CT molecular complexity index is 1330. The van der Waals surface area contributed by atoms with Gasteiger partial charge < -0.3 is 0 Å².